The Hall–Kier alpha value is -3.61. The number of aromatic amines is 1. The van der Waals surface area contributed by atoms with E-state index in [1.165, 1.54) is 0 Å². The molecule has 0 unspecified atom stereocenters. The summed E-state index contributed by atoms with van der Waals surface area (Å²) >= 11 is 0. The molecular weight excluding hydrogens is 356 g/mol. The predicted octanol–water partition coefficient (Wildman–Crippen LogP) is 4.34. The van der Waals surface area contributed by atoms with Crippen molar-refractivity contribution in [1.82, 2.24) is 15.1 Å². The number of H-pyrrole nitrogens is 1. The highest BCUT2D eigenvalue weighted by Crippen LogP contribution is 2.37. The molecule has 2 heterocycles. The van der Waals surface area contributed by atoms with Crippen molar-refractivity contribution in [1.29, 1.82) is 0 Å². The van der Waals surface area contributed by atoms with Crippen LogP contribution in [0.25, 0.3) is 22.2 Å². The van der Waals surface area contributed by atoms with Gasteiger partial charge in [0.05, 0.1) is 11.2 Å². The van der Waals surface area contributed by atoms with E-state index in [2.05, 4.69) is 15.1 Å². The Bertz CT molecular complexity index is 1200. The van der Waals surface area contributed by atoms with Gasteiger partial charge in [0.15, 0.2) is 5.75 Å². The molecule has 0 bridgehead atoms. The summed E-state index contributed by atoms with van der Waals surface area (Å²) in [4.78, 5) is 19.4. The molecule has 0 aliphatic heterocycles. The third kappa shape index (κ3) is 3.00. The smallest absolute Gasteiger partial charge is 0.248 e. The molecule has 7 heteroatoms. The molecule has 0 aliphatic carbocycles. The zero-order valence-corrected chi connectivity index (χ0v) is 16.1. The molecule has 4 rings (SSSR count). The molecule has 0 saturated carbocycles. The van der Waals surface area contributed by atoms with E-state index in [1.807, 2.05) is 39.8 Å². The first-order chi connectivity index (χ1) is 13.3. The maximum atomic E-state index is 11.5. The Morgan fingerprint density at radius 2 is 1.89 bits per heavy atom. The fraction of sp³-hybridized carbons (Fsp3) is 0.190. The third-order valence-electron chi connectivity index (χ3n) is 4.68. The number of nitrogens with two attached hydrogens (primary N) is 1. The molecule has 0 saturated heterocycles. The largest absolute Gasteiger partial charge is 0.455 e. The second kappa shape index (κ2) is 6.53. The summed E-state index contributed by atoms with van der Waals surface area (Å²) in [6.45, 7) is 7.57. The molecule has 0 radical (unpaired) electrons. The van der Waals surface area contributed by atoms with Crippen LogP contribution in [-0.2, 0) is 0 Å². The first-order valence-corrected chi connectivity index (χ1v) is 8.85. The van der Waals surface area contributed by atoms with E-state index in [4.69, 9.17) is 15.0 Å². The quantitative estimate of drug-likeness (QED) is 0.551. The van der Waals surface area contributed by atoms with Crippen LogP contribution in [0.1, 0.15) is 33.2 Å². The number of rotatable bonds is 4. The van der Waals surface area contributed by atoms with Crippen LogP contribution in [-0.4, -0.2) is 21.0 Å². The number of nitrogens with one attached hydrogen (secondary N) is 1. The Kier molecular flexibility index (Phi) is 4.15. The van der Waals surface area contributed by atoms with Crippen molar-refractivity contribution in [2.45, 2.75) is 27.7 Å². The maximum Gasteiger partial charge on any atom is 0.248 e. The van der Waals surface area contributed by atoms with Crippen LogP contribution in [0.5, 0.6) is 11.5 Å². The van der Waals surface area contributed by atoms with Gasteiger partial charge in [-0.2, -0.15) is 0 Å². The lowest BCUT2D eigenvalue weighted by Crippen LogP contribution is -2.10. The van der Waals surface area contributed by atoms with Gasteiger partial charge in [0.2, 0.25) is 5.91 Å². The Morgan fingerprint density at radius 1 is 1.11 bits per heavy atom. The number of carbonyl (C=O) groups excluding carboxylic acids is 1. The molecule has 0 atom stereocenters. The number of aryl methyl sites for hydroxylation is 4. The summed E-state index contributed by atoms with van der Waals surface area (Å²) in [6.07, 6.45) is 0. The molecule has 142 valence electrons. The van der Waals surface area contributed by atoms with Gasteiger partial charge >= 0.3 is 0 Å². The first-order valence-electron chi connectivity index (χ1n) is 8.85. The van der Waals surface area contributed by atoms with Gasteiger partial charge in [-0.15, -0.1) is 0 Å². The highest BCUT2D eigenvalue weighted by molar-refractivity contribution is 5.93. The van der Waals surface area contributed by atoms with Gasteiger partial charge in [-0.05, 0) is 63.1 Å². The SMILES string of the molecule is Cc1nc2c(Oc3cc(C(N)=O)ccc3C)cc(-c3c(C)noc3C)cc2[nH]1. The number of hydrogen-bond acceptors (Lipinski definition) is 5. The minimum Gasteiger partial charge on any atom is -0.455 e. The molecule has 3 N–H and O–H groups in total. The second-order valence-electron chi connectivity index (χ2n) is 6.84. The van der Waals surface area contributed by atoms with Crippen molar-refractivity contribution >= 4 is 16.9 Å². The van der Waals surface area contributed by atoms with Crippen molar-refractivity contribution in [3.63, 3.8) is 0 Å². The van der Waals surface area contributed by atoms with Gasteiger partial charge in [0, 0.05) is 11.1 Å². The first kappa shape index (κ1) is 17.8. The molecule has 2 aromatic heterocycles. The molecule has 2 aromatic carbocycles. The van der Waals surface area contributed by atoms with Crippen molar-refractivity contribution in [2.24, 2.45) is 5.73 Å². The summed E-state index contributed by atoms with van der Waals surface area (Å²) in [5, 5.41) is 4.04. The molecule has 28 heavy (non-hydrogen) atoms. The van der Waals surface area contributed by atoms with Crippen molar-refractivity contribution in [2.75, 3.05) is 0 Å². The number of ether oxygens (including phenoxy) is 1. The lowest BCUT2D eigenvalue weighted by atomic mass is 10.0. The number of amides is 1. The van der Waals surface area contributed by atoms with E-state index >= 15 is 0 Å². The van der Waals surface area contributed by atoms with E-state index < -0.39 is 5.91 Å². The van der Waals surface area contributed by atoms with Gasteiger partial charge < -0.3 is 20.0 Å². The number of carbonyl (C=O) groups is 1. The van der Waals surface area contributed by atoms with E-state index in [0.717, 1.165) is 39.5 Å². The van der Waals surface area contributed by atoms with E-state index in [-0.39, 0.29) is 0 Å². The summed E-state index contributed by atoms with van der Waals surface area (Å²) in [6, 6.07) is 9.04. The number of hydrogen-bond donors (Lipinski definition) is 2. The molecule has 0 aliphatic rings. The average molecular weight is 376 g/mol. The van der Waals surface area contributed by atoms with Crippen LogP contribution in [0.15, 0.2) is 34.9 Å². The van der Waals surface area contributed by atoms with Gasteiger partial charge in [-0.25, -0.2) is 4.98 Å². The minimum atomic E-state index is -0.505. The molecule has 0 fully saturated rings. The van der Waals surface area contributed by atoms with Gasteiger partial charge in [0.1, 0.15) is 22.9 Å². The minimum absolute atomic E-state index is 0.386. The van der Waals surface area contributed by atoms with Gasteiger partial charge in [0.25, 0.3) is 0 Å². The average Bonchev–Trinajstić information content (AvgIpc) is 3.17. The number of fused-ring (bicyclic) bond motifs is 1. The van der Waals surface area contributed by atoms with Crippen molar-refractivity contribution < 1.29 is 14.1 Å². The standard InChI is InChI=1S/C21H20N4O3/c1-10-5-6-14(21(22)26)8-17(10)27-18-9-15(19-11(2)25-28-12(19)3)7-16-20(18)24-13(4)23-16/h5-9H,1-4H3,(H2,22,26)(H,23,24). The van der Waals surface area contributed by atoms with E-state index in [1.54, 1.807) is 18.2 Å². The molecule has 1 amide bonds. The summed E-state index contributed by atoms with van der Waals surface area (Å²) in [5.74, 6) is 2.12. The molecule has 0 spiro atoms. The maximum absolute atomic E-state index is 11.5. The molecule has 4 aromatic rings. The zero-order chi connectivity index (χ0) is 20.0. The Balaban J connectivity index is 1.89. The zero-order valence-electron chi connectivity index (χ0n) is 16.1. The molecular formula is C21H20N4O3. The third-order valence-corrected chi connectivity index (χ3v) is 4.68. The number of aromatic nitrogens is 3. The van der Waals surface area contributed by atoms with Crippen LogP contribution in [0, 0.1) is 27.7 Å². The highest BCUT2D eigenvalue weighted by atomic mass is 16.5. The van der Waals surface area contributed by atoms with Crippen molar-refractivity contribution in [3.05, 3.63) is 58.7 Å². The number of imidazole rings is 1. The monoisotopic (exact) mass is 376 g/mol. The highest BCUT2D eigenvalue weighted by Gasteiger charge is 2.18. The van der Waals surface area contributed by atoms with Crippen LogP contribution in [0.4, 0.5) is 0 Å². The summed E-state index contributed by atoms with van der Waals surface area (Å²) in [7, 11) is 0. The van der Waals surface area contributed by atoms with E-state index in [9.17, 15) is 4.79 Å². The van der Waals surface area contributed by atoms with Crippen LogP contribution in [0.3, 0.4) is 0 Å². The van der Waals surface area contributed by atoms with Gasteiger partial charge in [-0.3, -0.25) is 4.79 Å². The number of benzene rings is 2. The Morgan fingerprint density at radius 3 is 2.57 bits per heavy atom. The fourth-order valence-corrected chi connectivity index (χ4v) is 3.31. The van der Waals surface area contributed by atoms with Crippen LogP contribution in [0.2, 0.25) is 0 Å². The number of nitrogens with zero attached hydrogens (tertiary/aromatic N) is 2. The number of primary amides is 1. The van der Waals surface area contributed by atoms with Crippen LogP contribution >= 0.6 is 0 Å². The van der Waals surface area contributed by atoms with Crippen molar-refractivity contribution in [3.8, 4) is 22.6 Å². The normalized spacial score (nSPS) is 11.1. The van der Waals surface area contributed by atoms with Crippen LogP contribution < -0.4 is 10.5 Å². The summed E-state index contributed by atoms with van der Waals surface area (Å²) < 4.78 is 11.5. The second-order valence-corrected chi connectivity index (χ2v) is 6.84. The molecule has 7 nitrogen and oxygen atoms in total. The summed E-state index contributed by atoms with van der Waals surface area (Å²) in [5.41, 5.74) is 10.9. The van der Waals surface area contributed by atoms with E-state index in [0.29, 0.717) is 22.6 Å². The topological polar surface area (TPSA) is 107 Å². The Labute approximate surface area is 161 Å². The van der Waals surface area contributed by atoms with Gasteiger partial charge in [-0.1, -0.05) is 11.2 Å². The lowest BCUT2D eigenvalue weighted by Gasteiger charge is -2.12. The lowest BCUT2D eigenvalue weighted by molar-refractivity contribution is 0.1000. The fourth-order valence-electron chi connectivity index (χ4n) is 3.31. The predicted molar refractivity (Wildman–Crippen MR) is 106 cm³/mol.